The molecule has 0 aliphatic heterocycles. The number of nitro benzene ring substituents is 1. The highest BCUT2D eigenvalue weighted by Gasteiger charge is 2.19. The smallest absolute Gasteiger partial charge is 0.311 e. The molecule has 0 spiro atoms. The third-order valence-electron chi connectivity index (χ3n) is 2.29. The second-order valence-electron chi connectivity index (χ2n) is 3.81. The van der Waals surface area contributed by atoms with E-state index >= 15 is 0 Å². The van der Waals surface area contributed by atoms with Crippen LogP contribution in [0.15, 0.2) is 23.4 Å². The van der Waals surface area contributed by atoms with Crippen molar-refractivity contribution in [1.82, 2.24) is 0 Å². The van der Waals surface area contributed by atoms with Gasteiger partial charge in [-0.3, -0.25) is 10.1 Å². The van der Waals surface area contributed by atoms with Gasteiger partial charge in [0.25, 0.3) is 0 Å². The van der Waals surface area contributed by atoms with E-state index in [9.17, 15) is 10.1 Å². The Kier molecular flexibility index (Phi) is 5.07. The normalized spacial score (nSPS) is 13.1. The number of hydrogen-bond acceptors (Lipinski definition) is 6. The van der Waals surface area contributed by atoms with E-state index in [1.54, 1.807) is 6.92 Å². The summed E-state index contributed by atoms with van der Waals surface area (Å²) in [6.07, 6.45) is -0.335. The molecule has 1 aromatic rings. The van der Waals surface area contributed by atoms with Gasteiger partial charge >= 0.3 is 5.69 Å². The number of amidine groups is 1. The van der Waals surface area contributed by atoms with Crippen LogP contribution < -0.4 is 10.5 Å². The number of nitrogens with zero attached hydrogens (tertiary/aromatic N) is 2. The average Bonchev–Trinajstić information content (AvgIpc) is 2.38. The molecular formula is C11H15N3O5. The maximum absolute atomic E-state index is 11.0. The number of nitro groups is 1. The van der Waals surface area contributed by atoms with Crippen molar-refractivity contribution in [2.75, 3.05) is 13.7 Å². The molecule has 0 radical (unpaired) electrons. The summed E-state index contributed by atoms with van der Waals surface area (Å²) in [5.74, 6) is -0.108. The zero-order valence-electron chi connectivity index (χ0n) is 10.6. The predicted molar refractivity (Wildman–Crippen MR) is 67.6 cm³/mol. The summed E-state index contributed by atoms with van der Waals surface area (Å²) in [6.45, 7) is 2.03. The van der Waals surface area contributed by atoms with Crippen LogP contribution in [0.25, 0.3) is 0 Å². The molecule has 3 N–H and O–H groups in total. The van der Waals surface area contributed by atoms with Gasteiger partial charge in [0.1, 0.15) is 6.10 Å². The van der Waals surface area contributed by atoms with Crippen molar-refractivity contribution >= 4 is 11.5 Å². The van der Waals surface area contributed by atoms with Crippen LogP contribution in [-0.2, 0) is 4.74 Å². The van der Waals surface area contributed by atoms with Crippen molar-refractivity contribution in [1.29, 1.82) is 0 Å². The lowest BCUT2D eigenvalue weighted by Gasteiger charge is -2.14. The summed E-state index contributed by atoms with van der Waals surface area (Å²) in [6, 6.07) is 4.05. The largest absolute Gasteiger partial charge is 0.481 e. The zero-order chi connectivity index (χ0) is 14.4. The molecule has 0 fully saturated rings. The highest BCUT2D eigenvalue weighted by Crippen LogP contribution is 2.28. The lowest BCUT2D eigenvalue weighted by atomic mass is 10.1. The van der Waals surface area contributed by atoms with Crippen LogP contribution in [-0.4, -0.2) is 35.8 Å². The van der Waals surface area contributed by atoms with E-state index in [-0.39, 0.29) is 28.9 Å². The van der Waals surface area contributed by atoms with Gasteiger partial charge < -0.3 is 20.4 Å². The number of oxime groups is 1. The van der Waals surface area contributed by atoms with Crippen molar-refractivity contribution in [3.63, 3.8) is 0 Å². The van der Waals surface area contributed by atoms with Gasteiger partial charge in [-0.15, -0.1) is 0 Å². The van der Waals surface area contributed by atoms with E-state index in [0.717, 1.165) is 0 Å². The van der Waals surface area contributed by atoms with Gasteiger partial charge in [0.05, 0.1) is 11.5 Å². The Morgan fingerprint density at radius 2 is 2.32 bits per heavy atom. The first-order chi connectivity index (χ1) is 8.99. The SMILES string of the molecule is COCC(C)Oc1ccc(C(N)=NO)cc1[N+](=O)[O-]. The fourth-order valence-electron chi connectivity index (χ4n) is 1.46. The predicted octanol–water partition coefficient (Wildman–Crippen LogP) is 1.10. The Labute approximate surface area is 109 Å². The lowest BCUT2D eigenvalue weighted by molar-refractivity contribution is -0.386. The first-order valence-electron chi connectivity index (χ1n) is 5.41. The molecule has 1 unspecified atom stereocenters. The lowest BCUT2D eigenvalue weighted by Crippen LogP contribution is -2.19. The topological polar surface area (TPSA) is 120 Å². The second kappa shape index (κ2) is 6.55. The molecule has 8 nitrogen and oxygen atoms in total. The molecule has 104 valence electrons. The van der Waals surface area contributed by atoms with Crippen LogP contribution in [0.5, 0.6) is 5.75 Å². The third kappa shape index (κ3) is 3.81. The minimum absolute atomic E-state index is 0.101. The third-order valence-corrected chi connectivity index (χ3v) is 2.29. The second-order valence-corrected chi connectivity index (χ2v) is 3.81. The first kappa shape index (κ1) is 14.7. The minimum atomic E-state index is -0.594. The summed E-state index contributed by atoms with van der Waals surface area (Å²) in [5, 5.41) is 22.3. The Morgan fingerprint density at radius 3 is 2.84 bits per heavy atom. The molecule has 0 saturated carbocycles. The Morgan fingerprint density at radius 1 is 1.63 bits per heavy atom. The standard InChI is InChI=1S/C11H15N3O5/c1-7(6-18-2)19-10-4-3-8(11(12)13-15)5-9(10)14(16)17/h3-5,7,15H,6H2,1-2H3,(H2,12,13). The molecule has 1 atom stereocenters. The van der Waals surface area contributed by atoms with Crippen LogP contribution in [0.3, 0.4) is 0 Å². The van der Waals surface area contributed by atoms with E-state index in [2.05, 4.69) is 5.16 Å². The van der Waals surface area contributed by atoms with Gasteiger partial charge in [0.2, 0.25) is 0 Å². The monoisotopic (exact) mass is 269 g/mol. The number of rotatable bonds is 6. The van der Waals surface area contributed by atoms with Crippen molar-refractivity contribution in [3.05, 3.63) is 33.9 Å². The van der Waals surface area contributed by atoms with Crippen LogP contribution >= 0.6 is 0 Å². The van der Waals surface area contributed by atoms with Crippen LogP contribution in [0.2, 0.25) is 0 Å². The molecule has 0 aromatic heterocycles. The molecule has 0 amide bonds. The molecule has 8 heteroatoms. The quantitative estimate of drug-likeness (QED) is 0.262. The molecule has 1 rings (SSSR count). The van der Waals surface area contributed by atoms with Crippen molar-refractivity contribution in [3.8, 4) is 5.75 Å². The molecular weight excluding hydrogens is 254 g/mol. The fourth-order valence-corrected chi connectivity index (χ4v) is 1.46. The van der Waals surface area contributed by atoms with Crippen LogP contribution in [0.1, 0.15) is 12.5 Å². The van der Waals surface area contributed by atoms with Crippen molar-refractivity contribution < 1.29 is 19.6 Å². The van der Waals surface area contributed by atoms with E-state index in [1.807, 2.05) is 0 Å². The first-order valence-corrected chi connectivity index (χ1v) is 5.41. The van der Waals surface area contributed by atoms with Gasteiger partial charge in [0.15, 0.2) is 11.6 Å². The number of ether oxygens (including phenoxy) is 2. The van der Waals surface area contributed by atoms with Crippen molar-refractivity contribution in [2.45, 2.75) is 13.0 Å². The van der Waals surface area contributed by atoms with Gasteiger partial charge in [-0.2, -0.15) is 0 Å². The highest BCUT2D eigenvalue weighted by molar-refractivity contribution is 5.97. The molecule has 0 saturated heterocycles. The Balaban J connectivity index is 3.08. The Bertz CT molecular complexity index is 489. The average molecular weight is 269 g/mol. The number of hydrogen-bond donors (Lipinski definition) is 2. The fraction of sp³-hybridized carbons (Fsp3) is 0.364. The molecule has 19 heavy (non-hydrogen) atoms. The van der Waals surface area contributed by atoms with Gasteiger partial charge in [-0.1, -0.05) is 5.16 Å². The minimum Gasteiger partial charge on any atom is -0.481 e. The molecule has 0 heterocycles. The summed E-state index contributed by atoms with van der Waals surface area (Å²) in [5.41, 5.74) is 5.36. The van der Waals surface area contributed by atoms with Gasteiger partial charge in [-0.25, -0.2) is 0 Å². The van der Waals surface area contributed by atoms with E-state index < -0.39 is 4.92 Å². The van der Waals surface area contributed by atoms with Crippen LogP contribution in [0.4, 0.5) is 5.69 Å². The van der Waals surface area contributed by atoms with Gasteiger partial charge in [-0.05, 0) is 19.1 Å². The van der Waals surface area contributed by atoms with E-state index in [0.29, 0.717) is 6.61 Å². The Hall–Kier alpha value is -2.35. The van der Waals surface area contributed by atoms with E-state index in [4.69, 9.17) is 20.4 Å². The maximum Gasteiger partial charge on any atom is 0.311 e. The summed E-state index contributed by atoms with van der Waals surface area (Å²) in [4.78, 5) is 10.4. The summed E-state index contributed by atoms with van der Waals surface area (Å²) in [7, 11) is 1.51. The molecule has 1 aromatic carbocycles. The van der Waals surface area contributed by atoms with Crippen molar-refractivity contribution in [2.24, 2.45) is 10.9 Å². The summed E-state index contributed by atoms with van der Waals surface area (Å²) >= 11 is 0. The highest BCUT2D eigenvalue weighted by atomic mass is 16.6. The maximum atomic E-state index is 11.0. The molecule has 0 bridgehead atoms. The van der Waals surface area contributed by atoms with Crippen LogP contribution in [0, 0.1) is 10.1 Å². The van der Waals surface area contributed by atoms with E-state index in [1.165, 1.54) is 25.3 Å². The number of methoxy groups -OCH3 is 1. The zero-order valence-corrected chi connectivity index (χ0v) is 10.6. The summed E-state index contributed by atoms with van der Waals surface area (Å²) < 4.78 is 10.3. The number of nitrogens with two attached hydrogens (primary N) is 1. The molecule has 0 aliphatic carbocycles. The number of benzene rings is 1. The van der Waals surface area contributed by atoms with Gasteiger partial charge in [0, 0.05) is 18.7 Å². The molecule has 0 aliphatic rings.